The van der Waals surface area contributed by atoms with Gasteiger partial charge < -0.3 is 10.4 Å². The number of rotatable bonds is 0. The molecule has 1 aromatic rings. The fraction of sp³-hybridized carbons (Fsp3) is 0.455. The molecule has 92 valence electrons. The molecule has 1 aliphatic heterocycles. The summed E-state index contributed by atoms with van der Waals surface area (Å²) in [5.74, 6) is -2.06. The number of nitrogens with one attached hydrogen (secondary N) is 1. The van der Waals surface area contributed by atoms with Crippen molar-refractivity contribution in [1.29, 1.82) is 0 Å². The lowest BCUT2D eigenvalue weighted by molar-refractivity contribution is -0.0274. The second-order valence-corrected chi connectivity index (χ2v) is 3.44. The Labute approximate surface area is 100 Å². The van der Waals surface area contributed by atoms with Crippen molar-refractivity contribution >= 4 is 12.4 Å². The van der Waals surface area contributed by atoms with Crippen LogP contribution in [0, 0.1) is 0 Å². The van der Waals surface area contributed by atoms with Crippen LogP contribution in [-0.4, -0.2) is 24.1 Å². The standard InChI is InChI=1S/C6H6O.C5H9F2N.ClH/c7-6-4-2-1-3-5-6;6-5(7)1-3-8-4-2-5;/h1-5,7H;8H,1-4H2;1H. The predicted molar refractivity (Wildman–Crippen MR) is 62.4 cm³/mol. The summed E-state index contributed by atoms with van der Waals surface area (Å²) in [7, 11) is 0. The van der Waals surface area contributed by atoms with E-state index in [0.717, 1.165) is 0 Å². The third-order valence-electron chi connectivity index (χ3n) is 2.09. The highest BCUT2D eigenvalue weighted by Crippen LogP contribution is 2.23. The Morgan fingerprint density at radius 2 is 1.56 bits per heavy atom. The topological polar surface area (TPSA) is 32.3 Å². The quantitative estimate of drug-likeness (QED) is 0.743. The lowest BCUT2D eigenvalue weighted by Gasteiger charge is -2.21. The van der Waals surface area contributed by atoms with E-state index in [0.29, 0.717) is 18.8 Å². The van der Waals surface area contributed by atoms with Gasteiger partial charge in [0.05, 0.1) is 0 Å². The average molecular weight is 252 g/mol. The van der Waals surface area contributed by atoms with Gasteiger partial charge in [-0.3, -0.25) is 0 Å². The van der Waals surface area contributed by atoms with Gasteiger partial charge in [0, 0.05) is 25.9 Å². The number of alkyl halides is 2. The number of piperidine rings is 1. The molecule has 16 heavy (non-hydrogen) atoms. The zero-order chi connectivity index (χ0) is 11.1. The lowest BCUT2D eigenvalue weighted by atomic mass is 10.1. The summed E-state index contributed by atoms with van der Waals surface area (Å²) >= 11 is 0. The van der Waals surface area contributed by atoms with Gasteiger partial charge in [0.2, 0.25) is 0 Å². The molecule has 0 radical (unpaired) electrons. The Balaban J connectivity index is 0.000000267. The molecule has 2 N–H and O–H groups in total. The second-order valence-electron chi connectivity index (χ2n) is 3.44. The molecule has 1 heterocycles. The van der Waals surface area contributed by atoms with Crippen molar-refractivity contribution in [1.82, 2.24) is 5.32 Å². The zero-order valence-electron chi connectivity index (χ0n) is 8.83. The van der Waals surface area contributed by atoms with Gasteiger partial charge in [-0.2, -0.15) is 0 Å². The average Bonchev–Trinajstić information content (AvgIpc) is 2.19. The van der Waals surface area contributed by atoms with E-state index in [1.807, 2.05) is 6.07 Å². The molecular formula is C11H16ClF2NO. The number of para-hydroxylation sites is 1. The summed E-state index contributed by atoms with van der Waals surface area (Å²) in [5, 5.41) is 11.5. The van der Waals surface area contributed by atoms with Gasteiger partial charge >= 0.3 is 0 Å². The van der Waals surface area contributed by atoms with E-state index in [1.165, 1.54) is 0 Å². The smallest absolute Gasteiger partial charge is 0.250 e. The molecule has 0 bridgehead atoms. The van der Waals surface area contributed by atoms with E-state index in [9.17, 15) is 8.78 Å². The summed E-state index contributed by atoms with van der Waals surface area (Å²) < 4.78 is 24.3. The van der Waals surface area contributed by atoms with Gasteiger partial charge in [-0.25, -0.2) is 8.78 Å². The Morgan fingerprint density at radius 3 is 1.81 bits per heavy atom. The summed E-state index contributed by atoms with van der Waals surface area (Å²) in [6.45, 7) is 0.931. The molecule has 2 rings (SSSR count). The first-order chi connectivity index (χ1) is 7.10. The molecule has 0 unspecified atom stereocenters. The molecule has 0 atom stereocenters. The van der Waals surface area contributed by atoms with Crippen molar-refractivity contribution in [3.8, 4) is 5.75 Å². The van der Waals surface area contributed by atoms with Gasteiger partial charge in [-0.05, 0) is 12.1 Å². The van der Waals surface area contributed by atoms with Crippen LogP contribution >= 0.6 is 12.4 Å². The number of halogens is 3. The molecular weight excluding hydrogens is 236 g/mol. The Kier molecular flexibility index (Phi) is 7.01. The van der Waals surface area contributed by atoms with Crippen LogP contribution in [0.15, 0.2) is 30.3 Å². The molecule has 0 aliphatic carbocycles. The van der Waals surface area contributed by atoms with Crippen molar-refractivity contribution in [2.45, 2.75) is 18.8 Å². The fourth-order valence-corrected chi connectivity index (χ4v) is 1.22. The van der Waals surface area contributed by atoms with Crippen LogP contribution in [0.5, 0.6) is 5.75 Å². The normalized spacial score (nSPS) is 17.6. The molecule has 1 aromatic carbocycles. The first-order valence-electron chi connectivity index (χ1n) is 4.93. The Bertz CT molecular complexity index is 275. The summed E-state index contributed by atoms with van der Waals surface area (Å²) in [6.07, 6.45) is 0.0139. The SMILES string of the molecule is Cl.FC1(F)CCNCC1.Oc1ccccc1. The molecule has 0 amide bonds. The third-order valence-corrected chi connectivity index (χ3v) is 2.09. The maximum absolute atomic E-state index is 12.2. The Morgan fingerprint density at radius 1 is 1.06 bits per heavy atom. The number of aromatic hydroxyl groups is 1. The van der Waals surface area contributed by atoms with E-state index in [1.54, 1.807) is 24.3 Å². The van der Waals surface area contributed by atoms with Gasteiger partial charge in [0.25, 0.3) is 5.92 Å². The monoisotopic (exact) mass is 251 g/mol. The van der Waals surface area contributed by atoms with E-state index in [2.05, 4.69) is 5.32 Å². The summed E-state index contributed by atoms with van der Waals surface area (Å²) in [4.78, 5) is 0. The van der Waals surface area contributed by atoms with E-state index < -0.39 is 5.92 Å². The first-order valence-corrected chi connectivity index (χ1v) is 4.93. The Hall–Kier alpha value is -0.870. The van der Waals surface area contributed by atoms with Crippen LogP contribution in [0.4, 0.5) is 8.78 Å². The van der Waals surface area contributed by atoms with Crippen LogP contribution < -0.4 is 5.32 Å². The van der Waals surface area contributed by atoms with Crippen molar-refractivity contribution in [2.24, 2.45) is 0 Å². The molecule has 1 fully saturated rings. The van der Waals surface area contributed by atoms with Crippen LogP contribution in [0.3, 0.4) is 0 Å². The van der Waals surface area contributed by atoms with Crippen LogP contribution in [-0.2, 0) is 0 Å². The van der Waals surface area contributed by atoms with Gasteiger partial charge in [-0.15, -0.1) is 12.4 Å². The summed E-state index contributed by atoms with van der Waals surface area (Å²) in [6, 6.07) is 8.71. The molecule has 0 spiro atoms. The number of phenols is 1. The molecule has 0 aromatic heterocycles. The lowest BCUT2D eigenvalue weighted by Crippen LogP contribution is -2.35. The first kappa shape index (κ1) is 15.1. The minimum absolute atomic E-state index is 0. The maximum atomic E-state index is 12.2. The highest BCUT2D eigenvalue weighted by molar-refractivity contribution is 5.85. The van der Waals surface area contributed by atoms with Gasteiger partial charge in [-0.1, -0.05) is 18.2 Å². The van der Waals surface area contributed by atoms with Crippen molar-refractivity contribution < 1.29 is 13.9 Å². The molecule has 2 nitrogen and oxygen atoms in total. The maximum Gasteiger partial charge on any atom is 0.250 e. The highest BCUT2D eigenvalue weighted by Gasteiger charge is 2.30. The molecule has 0 saturated carbocycles. The zero-order valence-corrected chi connectivity index (χ0v) is 9.64. The van der Waals surface area contributed by atoms with Crippen molar-refractivity contribution in [3.63, 3.8) is 0 Å². The predicted octanol–water partition coefficient (Wildman–Crippen LogP) is 2.82. The molecule has 1 saturated heterocycles. The minimum atomic E-state index is -2.38. The highest BCUT2D eigenvalue weighted by atomic mass is 35.5. The van der Waals surface area contributed by atoms with Crippen LogP contribution in [0.2, 0.25) is 0 Å². The minimum Gasteiger partial charge on any atom is -0.508 e. The number of hydrogen-bond acceptors (Lipinski definition) is 2. The van der Waals surface area contributed by atoms with Gasteiger partial charge in [0.15, 0.2) is 0 Å². The third kappa shape index (κ3) is 6.58. The second kappa shape index (κ2) is 7.41. The van der Waals surface area contributed by atoms with Crippen molar-refractivity contribution in [3.05, 3.63) is 30.3 Å². The number of benzene rings is 1. The largest absolute Gasteiger partial charge is 0.508 e. The van der Waals surface area contributed by atoms with Crippen molar-refractivity contribution in [2.75, 3.05) is 13.1 Å². The van der Waals surface area contributed by atoms with Gasteiger partial charge in [0.1, 0.15) is 5.75 Å². The van der Waals surface area contributed by atoms with Crippen LogP contribution in [0.1, 0.15) is 12.8 Å². The van der Waals surface area contributed by atoms with E-state index >= 15 is 0 Å². The molecule has 1 aliphatic rings. The number of hydrogen-bond donors (Lipinski definition) is 2. The van der Waals surface area contributed by atoms with E-state index in [4.69, 9.17) is 5.11 Å². The molecule has 5 heteroatoms. The fourth-order valence-electron chi connectivity index (χ4n) is 1.22. The number of phenolic OH excluding ortho intramolecular Hbond substituents is 1. The summed E-state index contributed by atoms with van der Waals surface area (Å²) in [5.41, 5.74) is 0. The van der Waals surface area contributed by atoms with Crippen LogP contribution in [0.25, 0.3) is 0 Å². The van der Waals surface area contributed by atoms with E-state index in [-0.39, 0.29) is 25.2 Å².